The Morgan fingerprint density at radius 2 is 2.40 bits per heavy atom. The van der Waals surface area contributed by atoms with Crippen LogP contribution in [0.4, 0.5) is 0 Å². The molecule has 0 radical (unpaired) electrons. The molecule has 1 aromatic heterocycles. The Kier molecular flexibility index (Phi) is 2.11. The summed E-state index contributed by atoms with van der Waals surface area (Å²) in [4.78, 5) is 0. The zero-order chi connectivity index (χ0) is 7.56. The van der Waals surface area contributed by atoms with Gasteiger partial charge in [0.05, 0.1) is 0 Å². The van der Waals surface area contributed by atoms with E-state index in [2.05, 4.69) is 21.1 Å². The van der Waals surface area contributed by atoms with E-state index in [9.17, 15) is 0 Å². The molecule has 0 unspecified atom stereocenters. The van der Waals surface area contributed by atoms with Crippen molar-refractivity contribution in [2.45, 2.75) is 6.92 Å². The number of oxime groups is 1. The Hall–Kier alpha value is -0.770. The van der Waals surface area contributed by atoms with Crippen LogP contribution in [0.25, 0.3) is 0 Å². The van der Waals surface area contributed by atoms with E-state index in [1.807, 2.05) is 0 Å². The molecule has 3 nitrogen and oxygen atoms in total. The van der Waals surface area contributed by atoms with Crippen molar-refractivity contribution < 1.29 is 9.62 Å². The standard InChI is InChI=1S/C6H6BrNO2/c1-4(8-9)5-2-3-6(7)10-5/h2-3,9H,1H3/b8-4+. The molecule has 4 heteroatoms. The van der Waals surface area contributed by atoms with Crippen LogP contribution in [0.5, 0.6) is 0 Å². The van der Waals surface area contributed by atoms with Gasteiger partial charge in [-0.1, -0.05) is 5.16 Å². The number of hydrogen-bond acceptors (Lipinski definition) is 3. The van der Waals surface area contributed by atoms with Crippen molar-refractivity contribution in [1.29, 1.82) is 0 Å². The van der Waals surface area contributed by atoms with Crippen molar-refractivity contribution in [3.63, 3.8) is 0 Å². The van der Waals surface area contributed by atoms with Gasteiger partial charge >= 0.3 is 0 Å². The number of rotatable bonds is 1. The molecular weight excluding hydrogens is 198 g/mol. The van der Waals surface area contributed by atoms with E-state index in [0.29, 0.717) is 16.1 Å². The molecule has 54 valence electrons. The highest BCUT2D eigenvalue weighted by Crippen LogP contribution is 2.14. The smallest absolute Gasteiger partial charge is 0.169 e. The SMILES string of the molecule is C/C(=N\O)c1ccc(Br)o1. The molecule has 0 bridgehead atoms. The lowest BCUT2D eigenvalue weighted by molar-refractivity contribution is 0.317. The van der Waals surface area contributed by atoms with Gasteiger partial charge in [0.25, 0.3) is 0 Å². The average molecular weight is 204 g/mol. The molecule has 0 atom stereocenters. The van der Waals surface area contributed by atoms with E-state index in [0.717, 1.165) is 0 Å². The lowest BCUT2D eigenvalue weighted by Crippen LogP contribution is -1.89. The minimum Gasteiger partial charge on any atom is -0.448 e. The van der Waals surface area contributed by atoms with Crippen molar-refractivity contribution in [2.24, 2.45) is 5.16 Å². The molecule has 0 aliphatic heterocycles. The van der Waals surface area contributed by atoms with E-state index >= 15 is 0 Å². The second kappa shape index (κ2) is 2.88. The number of halogens is 1. The molecule has 1 rings (SSSR count). The molecule has 1 N–H and O–H groups in total. The molecule has 0 saturated carbocycles. The third-order valence-electron chi connectivity index (χ3n) is 1.08. The van der Waals surface area contributed by atoms with E-state index in [1.54, 1.807) is 19.1 Å². The summed E-state index contributed by atoms with van der Waals surface area (Å²) in [5.74, 6) is 0.564. The van der Waals surface area contributed by atoms with Gasteiger partial charge in [-0.3, -0.25) is 0 Å². The maximum atomic E-state index is 8.31. The van der Waals surface area contributed by atoms with Crippen LogP contribution in [-0.4, -0.2) is 10.9 Å². The minimum atomic E-state index is 0.464. The van der Waals surface area contributed by atoms with Crippen LogP contribution in [0.15, 0.2) is 26.4 Å². The van der Waals surface area contributed by atoms with Crippen molar-refractivity contribution >= 4 is 21.6 Å². The van der Waals surface area contributed by atoms with Crippen LogP contribution in [0.2, 0.25) is 0 Å². The van der Waals surface area contributed by atoms with Gasteiger partial charge in [-0.05, 0) is 35.0 Å². The van der Waals surface area contributed by atoms with Crippen molar-refractivity contribution in [2.75, 3.05) is 0 Å². The van der Waals surface area contributed by atoms with Crippen LogP contribution in [0, 0.1) is 0 Å². The summed E-state index contributed by atoms with van der Waals surface area (Å²) >= 11 is 3.13. The fourth-order valence-corrected chi connectivity index (χ4v) is 0.865. The summed E-state index contributed by atoms with van der Waals surface area (Å²) in [6.45, 7) is 1.66. The second-order valence-corrected chi connectivity index (χ2v) is 2.57. The van der Waals surface area contributed by atoms with E-state index in [1.165, 1.54) is 0 Å². The molecule has 0 saturated heterocycles. The first-order chi connectivity index (χ1) is 4.74. The van der Waals surface area contributed by atoms with Crippen LogP contribution in [-0.2, 0) is 0 Å². The van der Waals surface area contributed by atoms with Gasteiger partial charge in [0, 0.05) is 0 Å². The molecule has 10 heavy (non-hydrogen) atoms. The van der Waals surface area contributed by atoms with Gasteiger partial charge in [0.15, 0.2) is 10.4 Å². The summed E-state index contributed by atoms with van der Waals surface area (Å²) in [5, 5.41) is 11.3. The highest BCUT2D eigenvalue weighted by atomic mass is 79.9. The maximum absolute atomic E-state index is 8.31. The Bertz CT molecular complexity index is 254. The summed E-state index contributed by atoms with van der Waals surface area (Å²) < 4.78 is 5.69. The number of furan rings is 1. The molecular formula is C6H6BrNO2. The van der Waals surface area contributed by atoms with E-state index in [4.69, 9.17) is 9.62 Å². The predicted octanol–water partition coefficient (Wildman–Crippen LogP) is 2.24. The summed E-state index contributed by atoms with van der Waals surface area (Å²) in [6, 6.07) is 3.46. The highest BCUT2D eigenvalue weighted by Gasteiger charge is 2.01. The van der Waals surface area contributed by atoms with Gasteiger partial charge in [0.2, 0.25) is 0 Å². The van der Waals surface area contributed by atoms with Crippen LogP contribution >= 0.6 is 15.9 Å². The van der Waals surface area contributed by atoms with E-state index in [-0.39, 0.29) is 0 Å². The minimum absolute atomic E-state index is 0.464. The first-order valence-corrected chi connectivity index (χ1v) is 3.47. The fraction of sp³-hybridized carbons (Fsp3) is 0.167. The molecule has 1 aromatic rings. The van der Waals surface area contributed by atoms with Crippen LogP contribution in [0.1, 0.15) is 12.7 Å². The second-order valence-electron chi connectivity index (χ2n) is 1.79. The van der Waals surface area contributed by atoms with Crippen molar-refractivity contribution in [3.05, 3.63) is 22.6 Å². The lowest BCUT2D eigenvalue weighted by Gasteiger charge is -1.88. The summed E-state index contributed by atoms with van der Waals surface area (Å²) in [5.41, 5.74) is 0.464. The fourth-order valence-electron chi connectivity index (χ4n) is 0.558. The predicted molar refractivity (Wildman–Crippen MR) is 40.4 cm³/mol. The van der Waals surface area contributed by atoms with Gasteiger partial charge in [-0.25, -0.2) is 0 Å². The molecule has 1 heterocycles. The molecule has 0 aromatic carbocycles. The van der Waals surface area contributed by atoms with Gasteiger partial charge in [-0.15, -0.1) is 0 Å². The van der Waals surface area contributed by atoms with Gasteiger partial charge in [0.1, 0.15) is 5.71 Å². The third kappa shape index (κ3) is 1.39. The monoisotopic (exact) mass is 203 g/mol. The van der Waals surface area contributed by atoms with Gasteiger partial charge < -0.3 is 9.62 Å². The zero-order valence-electron chi connectivity index (χ0n) is 5.34. The van der Waals surface area contributed by atoms with Crippen molar-refractivity contribution in [3.8, 4) is 0 Å². The zero-order valence-corrected chi connectivity index (χ0v) is 6.92. The highest BCUT2D eigenvalue weighted by molar-refractivity contribution is 9.10. The topological polar surface area (TPSA) is 45.7 Å². The quantitative estimate of drug-likeness (QED) is 0.433. The molecule has 0 spiro atoms. The summed E-state index contributed by atoms with van der Waals surface area (Å²) in [7, 11) is 0. The first-order valence-electron chi connectivity index (χ1n) is 2.68. The van der Waals surface area contributed by atoms with Crippen LogP contribution < -0.4 is 0 Å². The lowest BCUT2D eigenvalue weighted by atomic mass is 10.3. The van der Waals surface area contributed by atoms with Crippen LogP contribution in [0.3, 0.4) is 0 Å². The summed E-state index contributed by atoms with van der Waals surface area (Å²) in [6.07, 6.45) is 0. The van der Waals surface area contributed by atoms with Crippen molar-refractivity contribution in [1.82, 2.24) is 0 Å². The largest absolute Gasteiger partial charge is 0.448 e. The normalized spacial score (nSPS) is 12.0. The number of hydrogen-bond donors (Lipinski definition) is 1. The molecule has 0 aliphatic carbocycles. The molecule has 0 fully saturated rings. The Labute approximate surface area is 66.5 Å². The molecule has 0 amide bonds. The van der Waals surface area contributed by atoms with E-state index < -0.39 is 0 Å². The third-order valence-corrected chi connectivity index (χ3v) is 1.51. The Morgan fingerprint density at radius 1 is 1.70 bits per heavy atom. The Balaban J connectivity index is 2.95. The first kappa shape index (κ1) is 7.34. The Morgan fingerprint density at radius 3 is 2.80 bits per heavy atom. The average Bonchev–Trinajstić information content (AvgIpc) is 2.34. The number of nitrogens with zero attached hydrogens (tertiary/aromatic N) is 1. The molecule has 0 aliphatic rings. The van der Waals surface area contributed by atoms with Gasteiger partial charge in [-0.2, -0.15) is 0 Å². The maximum Gasteiger partial charge on any atom is 0.169 e.